The summed E-state index contributed by atoms with van der Waals surface area (Å²) in [5.41, 5.74) is -1.78. The molecule has 0 bridgehead atoms. The van der Waals surface area contributed by atoms with Crippen LogP contribution in [0.25, 0.3) is 0 Å². The van der Waals surface area contributed by atoms with E-state index in [0.29, 0.717) is 36.8 Å². The topological polar surface area (TPSA) is 145 Å². The van der Waals surface area contributed by atoms with Gasteiger partial charge in [-0.2, -0.15) is 0 Å². The third-order valence-corrected chi connectivity index (χ3v) is 7.77. The van der Waals surface area contributed by atoms with Crippen molar-refractivity contribution in [3.8, 4) is 0 Å². The maximum atomic E-state index is 12.3. The van der Waals surface area contributed by atoms with Crippen molar-refractivity contribution in [1.29, 1.82) is 0 Å². The molecule has 8 heteroatoms. The second kappa shape index (κ2) is 10.9. The number of carbonyl (C=O) groups is 2. The van der Waals surface area contributed by atoms with E-state index in [-0.39, 0.29) is 18.4 Å². The number of carboxylic acids is 1. The Balaban J connectivity index is 2.23. The molecule has 2 aliphatic rings. The van der Waals surface area contributed by atoms with Gasteiger partial charge < -0.3 is 30.3 Å². The molecule has 1 fully saturated rings. The number of carboxylic acid groups (broad SMARTS) is 1. The van der Waals surface area contributed by atoms with E-state index in [0.717, 1.165) is 12.8 Å². The van der Waals surface area contributed by atoms with E-state index < -0.39 is 53.6 Å². The number of hydrogen-bond acceptors (Lipinski definition) is 7. The zero-order valence-electron chi connectivity index (χ0n) is 20.9. The first-order valence-electron chi connectivity index (χ1n) is 12.1. The van der Waals surface area contributed by atoms with Crippen molar-refractivity contribution in [2.24, 2.45) is 17.3 Å². The second-order valence-corrected chi connectivity index (χ2v) is 11.3. The first-order chi connectivity index (χ1) is 15.5. The highest BCUT2D eigenvalue weighted by Crippen LogP contribution is 2.55. The Morgan fingerprint density at radius 2 is 1.76 bits per heavy atom. The minimum Gasteiger partial charge on any atom is -0.481 e. The SMILES string of the molecule is C=C1CC[C@H]2[C@H](C(C)(C)O)CC[C@]2(C)[C@@H](O)/C=C(\COC(=O)C[C@@](C)(O)CC(=O)O)CC[C@H]1O. The Morgan fingerprint density at radius 3 is 2.35 bits per heavy atom. The van der Waals surface area contributed by atoms with Crippen LogP contribution in [0.2, 0.25) is 0 Å². The first-order valence-corrected chi connectivity index (χ1v) is 12.1. The average Bonchev–Trinajstić information content (AvgIpc) is 3.03. The van der Waals surface area contributed by atoms with Crippen LogP contribution in [0, 0.1) is 17.3 Å². The van der Waals surface area contributed by atoms with Crippen molar-refractivity contribution in [3.63, 3.8) is 0 Å². The van der Waals surface area contributed by atoms with Gasteiger partial charge in [0.15, 0.2) is 0 Å². The summed E-state index contributed by atoms with van der Waals surface area (Å²) in [4.78, 5) is 23.1. The Kier molecular flexibility index (Phi) is 9.13. The Bertz CT molecular complexity index is 793. The molecule has 34 heavy (non-hydrogen) atoms. The zero-order valence-corrected chi connectivity index (χ0v) is 20.9. The fourth-order valence-corrected chi connectivity index (χ4v) is 5.63. The lowest BCUT2D eigenvalue weighted by molar-refractivity contribution is -0.151. The van der Waals surface area contributed by atoms with Gasteiger partial charge in [-0.25, -0.2) is 0 Å². The van der Waals surface area contributed by atoms with Crippen molar-refractivity contribution in [3.05, 3.63) is 23.8 Å². The largest absolute Gasteiger partial charge is 0.481 e. The molecule has 2 rings (SSSR count). The fraction of sp³-hybridized carbons (Fsp3) is 0.769. The molecule has 6 atom stereocenters. The van der Waals surface area contributed by atoms with E-state index in [4.69, 9.17) is 9.84 Å². The summed E-state index contributed by atoms with van der Waals surface area (Å²) in [6, 6.07) is 0. The highest BCUT2D eigenvalue weighted by Gasteiger charge is 2.52. The number of fused-ring (bicyclic) bond motifs is 1. The minimum atomic E-state index is -1.73. The van der Waals surface area contributed by atoms with Gasteiger partial charge in [-0.05, 0) is 82.3 Å². The highest BCUT2D eigenvalue weighted by molar-refractivity contribution is 5.73. The molecule has 1 saturated carbocycles. The van der Waals surface area contributed by atoms with Crippen molar-refractivity contribution in [2.75, 3.05) is 6.61 Å². The van der Waals surface area contributed by atoms with Crippen LogP contribution in [0.3, 0.4) is 0 Å². The summed E-state index contributed by atoms with van der Waals surface area (Å²) in [5, 5.41) is 51.6. The quantitative estimate of drug-likeness (QED) is 0.275. The van der Waals surface area contributed by atoms with Crippen LogP contribution in [0.4, 0.5) is 0 Å². The lowest BCUT2D eigenvalue weighted by Crippen LogP contribution is -2.42. The molecule has 8 nitrogen and oxygen atoms in total. The number of carbonyl (C=O) groups excluding carboxylic acids is 1. The number of aliphatic carboxylic acids is 1. The molecule has 0 unspecified atom stereocenters. The van der Waals surface area contributed by atoms with Gasteiger partial charge in [0.1, 0.15) is 6.61 Å². The molecule has 2 aliphatic carbocycles. The predicted molar refractivity (Wildman–Crippen MR) is 127 cm³/mol. The monoisotopic (exact) mass is 482 g/mol. The lowest BCUT2D eigenvalue weighted by Gasteiger charge is -2.41. The summed E-state index contributed by atoms with van der Waals surface area (Å²) in [7, 11) is 0. The van der Waals surface area contributed by atoms with Gasteiger partial charge in [-0.3, -0.25) is 9.59 Å². The number of rotatable bonds is 7. The van der Waals surface area contributed by atoms with Crippen molar-refractivity contribution in [2.45, 2.75) is 102 Å². The summed E-state index contributed by atoms with van der Waals surface area (Å²) in [6.07, 6.45) is 2.62. The minimum absolute atomic E-state index is 0.00992. The number of esters is 1. The van der Waals surface area contributed by atoms with Crippen LogP contribution in [0.5, 0.6) is 0 Å². The van der Waals surface area contributed by atoms with Gasteiger partial charge in [-0.15, -0.1) is 0 Å². The van der Waals surface area contributed by atoms with E-state index in [1.54, 1.807) is 19.9 Å². The van der Waals surface area contributed by atoms with Crippen LogP contribution in [-0.2, 0) is 14.3 Å². The highest BCUT2D eigenvalue weighted by atomic mass is 16.5. The predicted octanol–water partition coefficient (Wildman–Crippen LogP) is 2.73. The van der Waals surface area contributed by atoms with Crippen LogP contribution in [-0.4, -0.2) is 67.5 Å². The number of aliphatic hydroxyl groups excluding tert-OH is 2. The van der Waals surface area contributed by atoms with Crippen molar-refractivity contribution < 1.29 is 39.9 Å². The Labute approximate surface area is 202 Å². The third-order valence-electron chi connectivity index (χ3n) is 7.77. The normalized spacial score (nSPS) is 34.2. The van der Waals surface area contributed by atoms with Gasteiger partial charge in [0.05, 0.1) is 36.3 Å². The van der Waals surface area contributed by atoms with Gasteiger partial charge in [0, 0.05) is 5.41 Å². The molecule has 0 spiro atoms. The van der Waals surface area contributed by atoms with Crippen LogP contribution in [0.15, 0.2) is 23.8 Å². The zero-order chi connectivity index (χ0) is 25.9. The van der Waals surface area contributed by atoms with Gasteiger partial charge in [0.2, 0.25) is 0 Å². The third kappa shape index (κ3) is 7.38. The average molecular weight is 483 g/mol. The standard InChI is InChI=1S/C26H42O8/c1-16-6-8-19-18(24(2,3)32)10-11-26(19,5)21(28)12-17(7-9-20(16)27)15-34-23(31)14-25(4,33)13-22(29)30/h12,18-21,27-28,32-33H,1,6-11,13-15H2,2-5H3,(H,29,30)/b17-12-/t18-,19+,20-,21+,25+,26+/m1/s1. The lowest BCUT2D eigenvalue weighted by atomic mass is 9.67. The van der Waals surface area contributed by atoms with E-state index in [1.807, 2.05) is 6.92 Å². The summed E-state index contributed by atoms with van der Waals surface area (Å²) in [5.74, 6) is -1.96. The maximum Gasteiger partial charge on any atom is 0.309 e. The Hall–Kier alpha value is -1.74. The molecule has 0 radical (unpaired) electrons. The molecule has 0 saturated heterocycles. The van der Waals surface area contributed by atoms with Gasteiger partial charge in [-0.1, -0.05) is 19.6 Å². The molecule has 0 aromatic rings. The molecular formula is C26H42O8. The van der Waals surface area contributed by atoms with E-state index >= 15 is 0 Å². The number of hydrogen-bond donors (Lipinski definition) is 5. The molecule has 0 aromatic heterocycles. The molecule has 0 amide bonds. The molecular weight excluding hydrogens is 440 g/mol. The summed E-state index contributed by atoms with van der Waals surface area (Å²) >= 11 is 0. The fourth-order valence-electron chi connectivity index (χ4n) is 5.63. The van der Waals surface area contributed by atoms with E-state index in [2.05, 4.69) is 6.58 Å². The van der Waals surface area contributed by atoms with Crippen molar-refractivity contribution in [1.82, 2.24) is 0 Å². The molecule has 0 aliphatic heterocycles. The van der Waals surface area contributed by atoms with Gasteiger partial charge in [0.25, 0.3) is 0 Å². The molecule has 0 aromatic carbocycles. The maximum absolute atomic E-state index is 12.3. The summed E-state index contributed by atoms with van der Waals surface area (Å²) < 4.78 is 5.31. The Morgan fingerprint density at radius 1 is 1.12 bits per heavy atom. The molecule has 0 heterocycles. The summed E-state index contributed by atoms with van der Waals surface area (Å²) in [6.45, 7) is 10.8. The molecule has 5 N–H and O–H groups in total. The first kappa shape index (κ1) is 28.5. The van der Waals surface area contributed by atoms with Crippen molar-refractivity contribution >= 4 is 11.9 Å². The van der Waals surface area contributed by atoms with Crippen LogP contribution >= 0.6 is 0 Å². The second-order valence-electron chi connectivity index (χ2n) is 11.3. The van der Waals surface area contributed by atoms with Gasteiger partial charge >= 0.3 is 11.9 Å². The van der Waals surface area contributed by atoms with Crippen LogP contribution in [0.1, 0.15) is 79.1 Å². The van der Waals surface area contributed by atoms with E-state index in [9.17, 15) is 30.0 Å². The number of aliphatic hydroxyl groups is 4. The molecule has 194 valence electrons. The van der Waals surface area contributed by atoms with Crippen LogP contribution < -0.4 is 0 Å². The van der Waals surface area contributed by atoms with E-state index in [1.165, 1.54) is 6.92 Å². The number of ether oxygens (including phenoxy) is 1. The smallest absolute Gasteiger partial charge is 0.309 e.